The number of halogens is 2. The summed E-state index contributed by atoms with van der Waals surface area (Å²) in [5.74, 6) is -1.49. The van der Waals surface area contributed by atoms with E-state index >= 15 is 0 Å². The fourth-order valence-electron chi connectivity index (χ4n) is 3.71. The van der Waals surface area contributed by atoms with Gasteiger partial charge in [0.15, 0.2) is 17.3 Å². The number of fused-ring (bicyclic) bond motifs is 3. The van der Waals surface area contributed by atoms with Gasteiger partial charge in [-0.05, 0) is 43.5 Å². The maximum Gasteiger partial charge on any atom is 0.253 e. The molecular formula is C21H22F2N4O2. The van der Waals surface area contributed by atoms with Crippen molar-refractivity contribution in [2.45, 2.75) is 45.3 Å². The Labute approximate surface area is 166 Å². The lowest BCUT2D eigenvalue weighted by atomic mass is 10.1. The fraction of sp³-hybridized carbons (Fsp3) is 0.381. The highest BCUT2D eigenvalue weighted by molar-refractivity contribution is 6.04. The fourth-order valence-corrected chi connectivity index (χ4v) is 3.71. The van der Waals surface area contributed by atoms with Crippen LogP contribution in [-0.4, -0.2) is 32.1 Å². The quantitative estimate of drug-likeness (QED) is 0.705. The molecule has 1 aliphatic heterocycles. The lowest BCUT2D eigenvalue weighted by molar-refractivity contribution is 0.0917. The minimum Gasteiger partial charge on any atom is -0.387 e. The van der Waals surface area contributed by atoms with Gasteiger partial charge in [0.1, 0.15) is 11.3 Å². The number of amides is 1. The second-order valence-electron chi connectivity index (χ2n) is 7.37. The van der Waals surface area contributed by atoms with E-state index in [1.54, 1.807) is 6.07 Å². The molecule has 0 radical (unpaired) electrons. The number of aromatic nitrogens is 3. The van der Waals surface area contributed by atoms with Gasteiger partial charge >= 0.3 is 0 Å². The van der Waals surface area contributed by atoms with Gasteiger partial charge in [-0.15, -0.1) is 0 Å². The number of hydrogen-bond donors (Lipinski definition) is 2. The van der Waals surface area contributed by atoms with Crippen LogP contribution < -0.4 is 5.32 Å². The Kier molecular flexibility index (Phi) is 5.27. The van der Waals surface area contributed by atoms with Gasteiger partial charge in [-0.2, -0.15) is 0 Å². The molecule has 0 fully saturated rings. The van der Waals surface area contributed by atoms with E-state index in [9.17, 15) is 18.7 Å². The summed E-state index contributed by atoms with van der Waals surface area (Å²) in [4.78, 5) is 22.1. The highest BCUT2D eigenvalue weighted by atomic mass is 19.2. The number of imidazole rings is 1. The van der Waals surface area contributed by atoms with Crippen LogP contribution in [0.4, 0.5) is 8.78 Å². The highest BCUT2D eigenvalue weighted by Gasteiger charge is 2.21. The van der Waals surface area contributed by atoms with Gasteiger partial charge in [0.2, 0.25) is 0 Å². The molecular weight excluding hydrogens is 378 g/mol. The van der Waals surface area contributed by atoms with Gasteiger partial charge in [-0.3, -0.25) is 4.79 Å². The van der Waals surface area contributed by atoms with Crippen LogP contribution in [0.25, 0.3) is 11.2 Å². The first-order chi connectivity index (χ1) is 13.9. The molecule has 1 unspecified atom stereocenters. The predicted molar refractivity (Wildman–Crippen MR) is 103 cm³/mol. The van der Waals surface area contributed by atoms with E-state index in [1.807, 2.05) is 6.92 Å². The first kappa shape index (κ1) is 19.4. The monoisotopic (exact) mass is 400 g/mol. The van der Waals surface area contributed by atoms with Crippen molar-refractivity contribution in [2.24, 2.45) is 0 Å². The molecule has 4 rings (SSSR count). The number of carbonyl (C=O) groups is 1. The van der Waals surface area contributed by atoms with E-state index in [0.29, 0.717) is 22.4 Å². The van der Waals surface area contributed by atoms with E-state index in [4.69, 9.17) is 0 Å². The van der Waals surface area contributed by atoms with Crippen LogP contribution in [0.15, 0.2) is 24.3 Å². The average molecular weight is 400 g/mol. The summed E-state index contributed by atoms with van der Waals surface area (Å²) in [6.45, 7) is 2.52. The minimum absolute atomic E-state index is 0.139. The molecule has 152 valence electrons. The number of benzene rings is 1. The van der Waals surface area contributed by atoms with E-state index < -0.39 is 23.6 Å². The summed E-state index contributed by atoms with van der Waals surface area (Å²) < 4.78 is 28.5. The number of aryl methyl sites for hydroxylation is 3. The molecule has 2 aromatic heterocycles. The molecule has 3 heterocycles. The van der Waals surface area contributed by atoms with Crippen LogP contribution >= 0.6 is 0 Å². The van der Waals surface area contributed by atoms with Gasteiger partial charge in [0.05, 0.1) is 11.7 Å². The van der Waals surface area contributed by atoms with Crippen molar-refractivity contribution in [3.63, 3.8) is 0 Å². The molecule has 0 saturated heterocycles. The smallest absolute Gasteiger partial charge is 0.253 e. The number of rotatable bonds is 4. The zero-order valence-corrected chi connectivity index (χ0v) is 16.1. The van der Waals surface area contributed by atoms with Gasteiger partial charge in [0.25, 0.3) is 5.91 Å². The van der Waals surface area contributed by atoms with Crippen molar-refractivity contribution in [1.82, 2.24) is 19.9 Å². The lowest BCUT2D eigenvalue weighted by Crippen LogP contribution is -2.28. The Hall–Kier alpha value is -2.87. The Morgan fingerprint density at radius 3 is 2.83 bits per heavy atom. The molecule has 0 aliphatic carbocycles. The standard InChI is InChI=1S/C21H22F2N4O2/c1-12-9-14(19-20(25-12)27-8-4-2-3-5-18(27)26-19)21(29)24-11-17(28)13-6-7-15(22)16(23)10-13/h6-7,9-10,17,28H,2-5,8,11H2,1H3,(H,24,29). The molecule has 6 nitrogen and oxygen atoms in total. The van der Waals surface area contributed by atoms with Crippen LogP contribution in [0.3, 0.4) is 0 Å². The molecule has 1 amide bonds. The maximum absolute atomic E-state index is 13.4. The topological polar surface area (TPSA) is 80.0 Å². The molecule has 2 N–H and O–H groups in total. The zero-order chi connectivity index (χ0) is 20.5. The normalized spacial score (nSPS) is 15.0. The largest absolute Gasteiger partial charge is 0.387 e. The van der Waals surface area contributed by atoms with Crippen molar-refractivity contribution in [3.8, 4) is 0 Å². The molecule has 0 spiro atoms. The molecule has 0 bridgehead atoms. The van der Waals surface area contributed by atoms with Gasteiger partial charge in [-0.25, -0.2) is 18.7 Å². The van der Waals surface area contributed by atoms with Gasteiger partial charge in [0, 0.05) is 25.2 Å². The molecule has 1 aromatic carbocycles. The van der Waals surface area contributed by atoms with Crippen molar-refractivity contribution < 1.29 is 18.7 Å². The Bertz CT molecular complexity index is 1080. The van der Waals surface area contributed by atoms with E-state index in [0.717, 1.165) is 50.2 Å². The maximum atomic E-state index is 13.4. The number of nitrogens with one attached hydrogen (secondary N) is 1. The van der Waals surface area contributed by atoms with Gasteiger partial charge < -0.3 is 15.0 Å². The minimum atomic E-state index is -1.16. The number of aliphatic hydroxyl groups is 1. The third-order valence-electron chi connectivity index (χ3n) is 5.22. The first-order valence-corrected chi connectivity index (χ1v) is 9.72. The summed E-state index contributed by atoms with van der Waals surface area (Å²) in [5.41, 5.74) is 2.54. The van der Waals surface area contributed by atoms with E-state index in [-0.39, 0.29) is 12.1 Å². The molecule has 1 atom stereocenters. The van der Waals surface area contributed by atoms with E-state index in [2.05, 4.69) is 19.9 Å². The van der Waals surface area contributed by atoms with Crippen LogP contribution in [-0.2, 0) is 13.0 Å². The summed E-state index contributed by atoms with van der Waals surface area (Å²) in [7, 11) is 0. The van der Waals surface area contributed by atoms with Crippen molar-refractivity contribution in [2.75, 3.05) is 6.54 Å². The second kappa shape index (κ2) is 7.87. The van der Waals surface area contributed by atoms with Gasteiger partial charge in [-0.1, -0.05) is 12.5 Å². The molecule has 8 heteroatoms. The molecule has 1 aliphatic rings. The van der Waals surface area contributed by atoms with E-state index in [1.165, 1.54) is 6.07 Å². The average Bonchev–Trinajstić information content (AvgIpc) is 2.88. The number of carbonyl (C=O) groups excluding carboxylic acids is 1. The zero-order valence-electron chi connectivity index (χ0n) is 16.1. The number of aliphatic hydroxyl groups excluding tert-OH is 1. The summed E-state index contributed by atoms with van der Waals surface area (Å²) in [5, 5.41) is 12.9. The second-order valence-corrected chi connectivity index (χ2v) is 7.37. The third-order valence-corrected chi connectivity index (χ3v) is 5.22. The molecule has 0 saturated carbocycles. The first-order valence-electron chi connectivity index (χ1n) is 9.72. The van der Waals surface area contributed by atoms with Crippen molar-refractivity contribution >= 4 is 17.1 Å². The highest BCUT2D eigenvalue weighted by Crippen LogP contribution is 2.24. The summed E-state index contributed by atoms with van der Waals surface area (Å²) >= 11 is 0. The lowest BCUT2D eigenvalue weighted by Gasteiger charge is -2.13. The van der Waals surface area contributed by atoms with Crippen LogP contribution in [0.5, 0.6) is 0 Å². The van der Waals surface area contributed by atoms with Crippen LogP contribution in [0, 0.1) is 18.6 Å². The third kappa shape index (κ3) is 3.85. The number of nitrogens with zero attached hydrogens (tertiary/aromatic N) is 3. The molecule has 3 aromatic rings. The van der Waals surface area contributed by atoms with Crippen molar-refractivity contribution in [1.29, 1.82) is 0 Å². The van der Waals surface area contributed by atoms with Crippen LogP contribution in [0.1, 0.15) is 52.8 Å². The summed E-state index contributed by atoms with van der Waals surface area (Å²) in [6.07, 6.45) is 2.95. The number of pyridine rings is 1. The predicted octanol–water partition coefficient (Wildman–Crippen LogP) is 3.21. The summed E-state index contributed by atoms with van der Waals surface area (Å²) in [6, 6.07) is 4.84. The van der Waals surface area contributed by atoms with Crippen LogP contribution in [0.2, 0.25) is 0 Å². The Balaban J connectivity index is 1.57. The van der Waals surface area contributed by atoms with Crippen molar-refractivity contribution in [3.05, 3.63) is 58.5 Å². The Morgan fingerprint density at radius 2 is 2.03 bits per heavy atom. The molecule has 29 heavy (non-hydrogen) atoms. The Morgan fingerprint density at radius 1 is 1.21 bits per heavy atom. The number of hydrogen-bond acceptors (Lipinski definition) is 4. The SMILES string of the molecule is Cc1cc(C(=O)NCC(O)c2ccc(F)c(F)c2)c2nc3n(c2n1)CCCCC3.